The van der Waals surface area contributed by atoms with E-state index in [0.717, 1.165) is 10.2 Å². The third-order valence-corrected chi connectivity index (χ3v) is 6.46. The molecule has 11 heteroatoms. The molecule has 0 bridgehead atoms. The molecule has 0 spiro atoms. The van der Waals surface area contributed by atoms with E-state index in [1.54, 1.807) is 35.9 Å². The zero-order valence-corrected chi connectivity index (χ0v) is 21.5. The second-order valence-corrected chi connectivity index (χ2v) is 9.32. The number of nitrogens with one attached hydrogen (secondary N) is 2. The number of anilines is 1. The first-order chi connectivity index (χ1) is 17.4. The lowest BCUT2D eigenvalue weighted by molar-refractivity contribution is -0.113. The van der Waals surface area contributed by atoms with E-state index in [1.165, 1.54) is 36.0 Å². The summed E-state index contributed by atoms with van der Waals surface area (Å²) in [7, 11) is 1.56. The van der Waals surface area contributed by atoms with Gasteiger partial charge < -0.3 is 15.4 Å². The van der Waals surface area contributed by atoms with E-state index < -0.39 is 0 Å². The maximum atomic E-state index is 13.1. The highest BCUT2D eigenvalue weighted by Gasteiger charge is 2.17. The van der Waals surface area contributed by atoms with Crippen molar-refractivity contribution in [1.29, 1.82) is 0 Å². The minimum Gasteiger partial charge on any atom is -0.497 e. The summed E-state index contributed by atoms with van der Waals surface area (Å²) in [6.07, 6.45) is 0. The Labute approximate surface area is 219 Å². The van der Waals surface area contributed by atoms with Crippen molar-refractivity contribution < 1.29 is 18.7 Å². The normalized spacial score (nSPS) is 10.6. The molecule has 0 aliphatic carbocycles. The zero-order valence-electron chi connectivity index (χ0n) is 19.1. The molecule has 0 unspecified atom stereocenters. The first-order valence-electron chi connectivity index (χ1n) is 10.7. The van der Waals surface area contributed by atoms with Crippen LogP contribution >= 0.6 is 27.7 Å². The molecule has 1 aromatic heterocycles. The van der Waals surface area contributed by atoms with Crippen molar-refractivity contribution in [2.45, 2.75) is 11.7 Å². The van der Waals surface area contributed by atoms with Crippen molar-refractivity contribution in [2.24, 2.45) is 0 Å². The van der Waals surface area contributed by atoms with Gasteiger partial charge in [-0.2, -0.15) is 0 Å². The van der Waals surface area contributed by atoms with Crippen molar-refractivity contribution in [3.63, 3.8) is 0 Å². The van der Waals surface area contributed by atoms with Crippen LogP contribution in [-0.4, -0.2) is 39.4 Å². The number of benzene rings is 3. The number of carbonyl (C=O) groups is 2. The first kappa shape index (κ1) is 25.4. The number of halogens is 2. The Balaban J connectivity index is 1.48. The van der Waals surface area contributed by atoms with Crippen LogP contribution in [0.15, 0.2) is 82.4 Å². The fourth-order valence-corrected chi connectivity index (χ4v) is 4.26. The Hall–Kier alpha value is -3.70. The summed E-state index contributed by atoms with van der Waals surface area (Å²) in [5.74, 6) is 0.302. The number of carbonyl (C=O) groups excluding carboxylic acids is 2. The fraction of sp³-hybridized carbons (Fsp3) is 0.120. The topological polar surface area (TPSA) is 98.1 Å². The summed E-state index contributed by atoms with van der Waals surface area (Å²) in [5, 5.41) is 14.6. The van der Waals surface area contributed by atoms with Crippen LogP contribution in [0.4, 0.5) is 10.1 Å². The molecule has 184 valence electrons. The molecule has 0 aliphatic heterocycles. The van der Waals surface area contributed by atoms with Gasteiger partial charge in [-0.1, -0.05) is 27.7 Å². The van der Waals surface area contributed by atoms with Gasteiger partial charge in [-0.05, 0) is 72.8 Å². The molecule has 0 atom stereocenters. The molecule has 0 radical (unpaired) electrons. The summed E-state index contributed by atoms with van der Waals surface area (Å²) in [6, 6.07) is 19.8. The Bertz CT molecular complexity index is 1350. The summed E-state index contributed by atoms with van der Waals surface area (Å²) in [6.45, 7) is 0.121. The van der Waals surface area contributed by atoms with Gasteiger partial charge >= 0.3 is 0 Å². The third kappa shape index (κ3) is 6.49. The molecule has 4 rings (SSSR count). The Morgan fingerprint density at radius 3 is 2.36 bits per heavy atom. The molecule has 1 heterocycles. The minimum atomic E-state index is -0.378. The predicted molar refractivity (Wildman–Crippen MR) is 139 cm³/mol. The van der Waals surface area contributed by atoms with E-state index in [9.17, 15) is 14.0 Å². The van der Waals surface area contributed by atoms with Crippen molar-refractivity contribution in [1.82, 2.24) is 20.1 Å². The van der Waals surface area contributed by atoms with Crippen LogP contribution in [0.5, 0.6) is 5.75 Å². The first-order valence-corrected chi connectivity index (χ1v) is 12.5. The number of hydrogen-bond donors (Lipinski definition) is 2. The maximum Gasteiger partial charge on any atom is 0.251 e. The molecule has 2 amide bonds. The summed E-state index contributed by atoms with van der Waals surface area (Å²) in [5.41, 5.74) is 1.76. The Morgan fingerprint density at radius 2 is 1.69 bits per heavy atom. The highest BCUT2D eigenvalue weighted by atomic mass is 79.9. The number of methoxy groups -OCH3 is 1. The quantitative estimate of drug-likeness (QED) is 0.280. The lowest BCUT2D eigenvalue weighted by Crippen LogP contribution is -2.24. The van der Waals surface area contributed by atoms with E-state index in [-0.39, 0.29) is 29.9 Å². The molecule has 3 aromatic carbocycles. The third-order valence-electron chi connectivity index (χ3n) is 5.00. The van der Waals surface area contributed by atoms with Crippen LogP contribution in [0.3, 0.4) is 0 Å². The lowest BCUT2D eigenvalue weighted by Gasteiger charge is -2.11. The van der Waals surface area contributed by atoms with E-state index in [0.29, 0.717) is 28.0 Å². The van der Waals surface area contributed by atoms with Crippen LogP contribution in [0.25, 0.3) is 5.69 Å². The van der Waals surface area contributed by atoms with Crippen molar-refractivity contribution in [3.05, 3.63) is 94.5 Å². The molecule has 0 fully saturated rings. The molecular weight excluding hydrogens is 549 g/mol. The second kappa shape index (κ2) is 11.8. The number of rotatable bonds is 9. The number of nitrogens with zero attached hydrogens (tertiary/aromatic N) is 3. The van der Waals surface area contributed by atoms with Gasteiger partial charge in [-0.15, -0.1) is 10.2 Å². The molecule has 4 aromatic rings. The number of aromatic nitrogens is 3. The van der Waals surface area contributed by atoms with Gasteiger partial charge in [0, 0.05) is 21.4 Å². The predicted octanol–water partition coefficient (Wildman–Crippen LogP) is 4.84. The Kier molecular flexibility index (Phi) is 8.34. The zero-order chi connectivity index (χ0) is 25.5. The molecule has 0 saturated heterocycles. The van der Waals surface area contributed by atoms with Gasteiger partial charge in [0.05, 0.1) is 19.4 Å². The molecular formula is C25H21BrFN5O3S. The number of amides is 2. The Morgan fingerprint density at radius 1 is 1.00 bits per heavy atom. The summed E-state index contributed by atoms with van der Waals surface area (Å²) < 4.78 is 20.9. The van der Waals surface area contributed by atoms with Gasteiger partial charge in [0.25, 0.3) is 5.91 Å². The smallest absolute Gasteiger partial charge is 0.251 e. The number of thioether (sulfide) groups is 1. The van der Waals surface area contributed by atoms with Gasteiger partial charge in [0.1, 0.15) is 11.6 Å². The van der Waals surface area contributed by atoms with Gasteiger partial charge in [-0.25, -0.2) is 4.39 Å². The van der Waals surface area contributed by atoms with E-state index >= 15 is 0 Å². The van der Waals surface area contributed by atoms with Crippen molar-refractivity contribution in [2.75, 3.05) is 18.2 Å². The fourth-order valence-electron chi connectivity index (χ4n) is 3.22. The summed E-state index contributed by atoms with van der Waals surface area (Å²) in [4.78, 5) is 25.1. The largest absolute Gasteiger partial charge is 0.497 e. The van der Waals surface area contributed by atoms with E-state index in [4.69, 9.17) is 4.74 Å². The number of ether oxygens (including phenoxy) is 1. The molecule has 0 saturated carbocycles. The molecule has 8 nitrogen and oxygen atoms in total. The molecule has 36 heavy (non-hydrogen) atoms. The van der Waals surface area contributed by atoms with Crippen LogP contribution in [-0.2, 0) is 11.3 Å². The highest BCUT2D eigenvalue weighted by molar-refractivity contribution is 9.10. The van der Waals surface area contributed by atoms with Crippen LogP contribution in [0.1, 0.15) is 16.2 Å². The van der Waals surface area contributed by atoms with E-state index in [2.05, 4.69) is 36.8 Å². The average molecular weight is 570 g/mol. The van der Waals surface area contributed by atoms with Crippen LogP contribution < -0.4 is 15.4 Å². The molecule has 2 N–H and O–H groups in total. The van der Waals surface area contributed by atoms with Crippen LogP contribution in [0.2, 0.25) is 0 Å². The lowest BCUT2D eigenvalue weighted by atomic mass is 10.2. The van der Waals surface area contributed by atoms with E-state index in [1.807, 2.05) is 24.3 Å². The van der Waals surface area contributed by atoms with Gasteiger partial charge in [0.15, 0.2) is 11.0 Å². The van der Waals surface area contributed by atoms with Crippen molar-refractivity contribution in [3.8, 4) is 11.4 Å². The number of hydrogen-bond acceptors (Lipinski definition) is 6. The van der Waals surface area contributed by atoms with Crippen molar-refractivity contribution >= 4 is 45.2 Å². The molecule has 0 aliphatic rings. The second-order valence-electron chi connectivity index (χ2n) is 7.47. The standard InChI is InChI=1S/C25H21BrFN5O3S/c1-35-21-12-2-16(3-13-21)24(34)28-14-22-30-31-25(32(22)20-10-4-17(26)5-11-20)36-15-23(33)29-19-8-6-18(27)7-9-19/h2-13H,14-15H2,1H3,(H,28,34)(H,29,33). The SMILES string of the molecule is COc1ccc(C(=O)NCc2nnc(SCC(=O)Nc3ccc(F)cc3)n2-c2ccc(Br)cc2)cc1. The van der Waals surface area contributed by atoms with Gasteiger partial charge in [0.2, 0.25) is 5.91 Å². The van der Waals surface area contributed by atoms with Gasteiger partial charge in [-0.3, -0.25) is 14.2 Å². The van der Waals surface area contributed by atoms with Crippen LogP contribution in [0, 0.1) is 5.82 Å². The monoisotopic (exact) mass is 569 g/mol. The summed E-state index contributed by atoms with van der Waals surface area (Å²) >= 11 is 4.63. The maximum absolute atomic E-state index is 13.1. The minimum absolute atomic E-state index is 0.0598. The average Bonchev–Trinajstić information content (AvgIpc) is 3.30. The highest BCUT2D eigenvalue weighted by Crippen LogP contribution is 2.24.